The van der Waals surface area contributed by atoms with Gasteiger partial charge in [0.25, 0.3) is 0 Å². The van der Waals surface area contributed by atoms with E-state index in [2.05, 4.69) is 30.9 Å². The van der Waals surface area contributed by atoms with E-state index in [1.807, 2.05) is 18.2 Å². The Hall–Kier alpha value is -0.900. The summed E-state index contributed by atoms with van der Waals surface area (Å²) in [4.78, 5) is 2.24. The van der Waals surface area contributed by atoms with Gasteiger partial charge in [-0.05, 0) is 18.5 Å². The predicted molar refractivity (Wildman–Crippen MR) is 79.3 cm³/mol. The van der Waals surface area contributed by atoms with Crippen LogP contribution < -0.4 is 0 Å². The maximum atomic E-state index is 9.79. The van der Waals surface area contributed by atoms with Crippen molar-refractivity contribution in [3.05, 3.63) is 35.9 Å². The Bertz CT molecular complexity index is 342. The molecule has 0 aliphatic rings. The fourth-order valence-electron chi connectivity index (χ4n) is 2.36. The van der Waals surface area contributed by atoms with Crippen LogP contribution in [0.3, 0.4) is 0 Å². The largest absolute Gasteiger partial charge is 0.395 e. The number of aliphatic hydroxyl groups is 2. The number of hydrogen-bond acceptors (Lipinski definition) is 3. The first-order chi connectivity index (χ1) is 9.16. The molecule has 0 bridgehead atoms. The van der Waals surface area contributed by atoms with E-state index < -0.39 is 0 Å². The van der Waals surface area contributed by atoms with Gasteiger partial charge in [-0.3, -0.25) is 0 Å². The van der Waals surface area contributed by atoms with Crippen molar-refractivity contribution in [1.82, 2.24) is 4.90 Å². The highest BCUT2D eigenvalue weighted by Gasteiger charge is 2.28. The Morgan fingerprint density at radius 3 is 2.32 bits per heavy atom. The third-order valence-corrected chi connectivity index (χ3v) is 3.64. The molecule has 0 fully saturated rings. The molecule has 108 valence electrons. The van der Waals surface area contributed by atoms with Gasteiger partial charge in [-0.2, -0.15) is 0 Å². The van der Waals surface area contributed by atoms with Crippen molar-refractivity contribution in [1.29, 1.82) is 0 Å². The molecule has 0 aromatic heterocycles. The SMILES string of the molecule is CCCCN(CCO)CC(C)(CO)c1ccccc1. The fourth-order valence-corrected chi connectivity index (χ4v) is 2.36. The highest BCUT2D eigenvalue weighted by Crippen LogP contribution is 2.24. The summed E-state index contributed by atoms with van der Waals surface area (Å²) in [6.07, 6.45) is 2.26. The summed E-state index contributed by atoms with van der Waals surface area (Å²) in [5.74, 6) is 0. The monoisotopic (exact) mass is 265 g/mol. The summed E-state index contributed by atoms with van der Waals surface area (Å²) in [6.45, 7) is 6.94. The average molecular weight is 265 g/mol. The first-order valence-corrected chi connectivity index (χ1v) is 7.16. The van der Waals surface area contributed by atoms with Gasteiger partial charge >= 0.3 is 0 Å². The second kappa shape index (κ2) is 8.31. The molecule has 1 atom stereocenters. The van der Waals surface area contributed by atoms with E-state index in [-0.39, 0.29) is 18.6 Å². The molecule has 3 heteroatoms. The van der Waals surface area contributed by atoms with E-state index in [1.165, 1.54) is 0 Å². The van der Waals surface area contributed by atoms with Crippen LogP contribution in [0.5, 0.6) is 0 Å². The van der Waals surface area contributed by atoms with Gasteiger partial charge in [0.2, 0.25) is 0 Å². The van der Waals surface area contributed by atoms with Crippen LogP contribution in [-0.4, -0.2) is 48.0 Å². The van der Waals surface area contributed by atoms with Crippen LogP contribution in [0.25, 0.3) is 0 Å². The Morgan fingerprint density at radius 1 is 1.11 bits per heavy atom. The lowest BCUT2D eigenvalue weighted by Gasteiger charge is -2.34. The number of aliphatic hydroxyl groups excluding tert-OH is 2. The molecule has 1 aromatic carbocycles. The van der Waals surface area contributed by atoms with E-state index >= 15 is 0 Å². The number of benzene rings is 1. The highest BCUT2D eigenvalue weighted by molar-refractivity contribution is 5.25. The highest BCUT2D eigenvalue weighted by atomic mass is 16.3. The topological polar surface area (TPSA) is 43.7 Å². The summed E-state index contributed by atoms with van der Waals surface area (Å²) < 4.78 is 0. The second-order valence-electron chi connectivity index (χ2n) is 5.44. The van der Waals surface area contributed by atoms with Crippen LogP contribution in [-0.2, 0) is 5.41 Å². The van der Waals surface area contributed by atoms with E-state index in [1.54, 1.807) is 0 Å². The van der Waals surface area contributed by atoms with E-state index in [0.717, 1.165) is 31.5 Å². The summed E-state index contributed by atoms with van der Waals surface area (Å²) in [6, 6.07) is 10.1. The van der Waals surface area contributed by atoms with Gasteiger partial charge in [-0.25, -0.2) is 0 Å². The minimum absolute atomic E-state index is 0.116. The lowest BCUT2D eigenvalue weighted by molar-refractivity contribution is 0.124. The summed E-state index contributed by atoms with van der Waals surface area (Å²) in [5, 5.41) is 19.0. The van der Waals surface area contributed by atoms with Gasteiger partial charge in [-0.15, -0.1) is 0 Å². The van der Waals surface area contributed by atoms with Gasteiger partial charge in [0.05, 0.1) is 13.2 Å². The first kappa shape index (κ1) is 16.2. The molecule has 0 amide bonds. The molecule has 0 spiro atoms. The van der Waals surface area contributed by atoms with E-state index in [4.69, 9.17) is 0 Å². The summed E-state index contributed by atoms with van der Waals surface area (Å²) in [7, 11) is 0. The van der Waals surface area contributed by atoms with Crippen LogP contribution in [0.4, 0.5) is 0 Å². The zero-order valence-corrected chi connectivity index (χ0v) is 12.2. The molecule has 1 aromatic rings. The standard InChI is InChI=1S/C16H27NO2/c1-3-4-10-17(11-12-18)13-16(2,14-19)15-8-6-5-7-9-15/h5-9,18-19H,3-4,10-14H2,1-2H3. The quantitative estimate of drug-likeness (QED) is 0.718. The van der Waals surface area contributed by atoms with Crippen molar-refractivity contribution >= 4 is 0 Å². The summed E-state index contributed by atoms with van der Waals surface area (Å²) in [5.41, 5.74) is 0.876. The van der Waals surface area contributed by atoms with Gasteiger partial charge in [0.1, 0.15) is 0 Å². The molecule has 0 saturated carbocycles. The number of nitrogens with zero attached hydrogens (tertiary/aromatic N) is 1. The van der Waals surface area contributed by atoms with Crippen LogP contribution in [0.1, 0.15) is 32.3 Å². The molecule has 0 heterocycles. The van der Waals surface area contributed by atoms with Crippen molar-refractivity contribution in [3.63, 3.8) is 0 Å². The predicted octanol–water partition coefficient (Wildman–Crippen LogP) is 2.03. The molecular weight excluding hydrogens is 238 g/mol. The molecule has 0 radical (unpaired) electrons. The van der Waals surface area contributed by atoms with Gasteiger partial charge in [0, 0.05) is 18.5 Å². The van der Waals surface area contributed by atoms with Gasteiger partial charge in [-0.1, -0.05) is 50.6 Å². The molecule has 0 aliphatic carbocycles. The van der Waals surface area contributed by atoms with Crippen molar-refractivity contribution < 1.29 is 10.2 Å². The molecule has 0 saturated heterocycles. The van der Waals surface area contributed by atoms with Gasteiger partial charge < -0.3 is 15.1 Å². The van der Waals surface area contributed by atoms with E-state index in [0.29, 0.717) is 6.54 Å². The normalized spacial score (nSPS) is 14.6. The first-order valence-electron chi connectivity index (χ1n) is 7.16. The molecule has 3 nitrogen and oxygen atoms in total. The third kappa shape index (κ3) is 4.94. The minimum Gasteiger partial charge on any atom is -0.395 e. The minimum atomic E-state index is -0.274. The fraction of sp³-hybridized carbons (Fsp3) is 0.625. The van der Waals surface area contributed by atoms with Crippen LogP contribution >= 0.6 is 0 Å². The maximum Gasteiger partial charge on any atom is 0.0558 e. The smallest absolute Gasteiger partial charge is 0.0558 e. The van der Waals surface area contributed by atoms with Gasteiger partial charge in [0.15, 0.2) is 0 Å². The molecular formula is C16H27NO2. The van der Waals surface area contributed by atoms with Crippen molar-refractivity contribution in [2.24, 2.45) is 0 Å². The molecule has 2 N–H and O–H groups in total. The Kier molecular flexibility index (Phi) is 7.06. The maximum absolute atomic E-state index is 9.79. The molecule has 19 heavy (non-hydrogen) atoms. The van der Waals surface area contributed by atoms with Crippen LogP contribution in [0.15, 0.2) is 30.3 Å². The number of rotatable bonds is 9. The van der Waals surface area contributed by atoms with E-state index in [9.17, 15) is 10.2 Å². The zero-order valence-electron chi connectivity index (χ0n) is 12.2. The van der Waals surface area contributed by atoms with Crippen molar-refractivity contribution in [2.75, 3.05) is 32.8 Å². The Labute approximate surface area is 116 Å². The van der Waals surface area contributed by atoms with Crippen molar-refractivity contribution in [2.45, 2.75) is 32.1 Å². The third-order valence-electron chi connectivity index (χ3n) is 3.64. The lowest BCUT2D eigenvalue weighted by atomic mass is 9.82. The molecule has 1 rings (SSSR count). The summed E-state index contributed by atoms with van der Waals surface area (Å²) >= 11 is 0. The zero-order chi connectivity index (χ0) is 14.1. The second-order valence-corrected chi connectivity index (χ2v) is 5.44. The Balaban J connectivity index is 2.77. The van der Waals surface area contributed by atoms with Crippen LogP contribution in [0, 0.1) is 0 Å². The van der Waals surface area contributed by atoms with Crippen LogP contribution in [0.2, 0.25) is 0 Å². The lowest BCUT2D eigenvalue weighted by Crippen LogP contribution is -2.43. The van der Waals surface area contributed by atoms with Crippen molar-refractivity contribution in [3.8, 4) is 0 Å². The molecule has 0 aliphatic heterocycles. The average Bonchev–Trinajstić information content (AvgIpc) is 2.46. The molecule has 1 unspecified atom stereocenters. The number of unbranched alkanes of at least 4 members (excludes halogenated alkanes) is 1. The number of hydrogen-bond donors (Lipinski definition) is 2. The Morgan fingerprint density at radius 2 is 1.79 bits per heavy atom.